The lowest BCUT2D eigenvalue weighted by molar-refractivity contribution is 0.0971. The van der Waals surface area contributed by atoms with E-state index in [-0.39, 0.29) is 0 Å². The molecule has 2 fully saturated rings. The van der Waals surface area contributed by atoms with Crippen molar-refractivity contribution < 1.29 is 4.74 Å². The smallest absolute Gasteiger partial charge is 0.0576 e. The summed E-state index contributed by atoms with van der Waals surface area (Å²) in [6.07, 6.45) is 11.5. The van der Waals surface area contributed by atoms with Gasteiger partial charge in [-0.3, -0.25) is 0 Å². The van der Waals surface area contributed by atoms with E-state index >= 15 is 0 Å². The Labute approximate surface area is 113 Å². The predicted octanol–water partition coefficient (Wildman–Crippen LogP) is 3.75. The monoisotopic (exact) mass is 253 g/mol. The van der Waals surface area contributed by atoms with Crippen LogP contribution in [0.2, 0.25) is 0 Å². The van der Waals surface area contributed by atoms with Crippen LogP contribution in [0, 0.1) is 11.8 Å². The zero-order valence-electron chi connectivity index (χ0n) is 12.3. The maximum Gasteiger partial charge on any atom is 0.0576 e. The van der Waals surface area contributed by atoms with Gasteiger partial charge in [0, 0.05) is 12.6 Å². The lowest BCUT2D eigenvalue weighted by Crippen LogP contribution is -2.36. The predicted molar refractivity (Wildman–Crippen MR) is 76.8 cm³/mol. The molecule has 1 saturated heterocycles. The zero-order chi connectivity index (χ0) is 12.8. The molecule has 2 heteroatoms. The molecule has 0 aromatic rings. The van der Waals surface area contributed by atoms with Gasteiger partial charge in [-0.15, -0.1) is 0 Å². The summed E-state index contributed by atoms with van der Waals surface area (Å²) in [6, 6.07) is 0.746. The molecule has 0 amide bonds. The SMILES string of the molecule is CCNC(CCC1CCCO1)C1CCC(CC)C1. The third kappa shape index (κ3) is 3.96. The first-order valence-electron chi connectivity index (χ1n) is 8.18. The summed E-state index contributed by atoms with van der Waals surface area (Å²) in [4.78, 5) is 0. The highest BCUT2D eigenvalue weighted by Crippen LogP contribution is 2.36. The second-order valence-electron chi connectivity index (χ2n) is 6.22. The highest BCUT2D eigenvalue weighted by Gasteiger charge is 2.30. The topological polar surface area (TPSA) is 21.3 Å². The summed E-state index contributed by atoms with van der Waals surface area (Å²) in [7, 11) is 0. The molecule has 0 bridgehead atoms. The molecule has 1 heterocycles. The molecule has 0 spiro atoms. The van der Waals surface area contributed by atoms with Gasteiger partial charge in [-0.2, -0.15) is 0 Å². The first-order chi connectivity index (χ1) is 8.83. The summed E-state index contributed by atoms with van der Waals surface area (Å²) in [5, 5.41) is 3.74. The Balaban J connectivity index is 1.75. The van der Waals surface area contributed by atoms with Crippen molar-refractivity contribution in [3.05, 3.63) is 0 Å². The highest BCUT2D eigenvalue weighted by atomic mass is 16.5. The molecule has 4 unspecified atom stereocenters. The zero-order valence-corrected chi connectivity index (χ0v) is 12.3. The lowest BCUT2D eigenvalue weighted by atomic mass is 9.91. The fourth-order valence-corrected chi connectivity index (χ4v) is 3.85. The number of ether oxygens (including phenoxy) is 1. The molecule has 2 aliphatic rings. The summed E-state index contributed by atoms with van der Waals surface area (Å²) in [5.74, 6) is 1.93. The van der Waals surface area contributed by atoms with E-state index in [4.69, 9.17) is 4.74 Å². The van der Waals surface area contributed by atoms with E-state index in [1.165, 1.54) is 51.4 Å². The van der Waals surface area contributed by atoms with Crippen molar-refractivity contribution in [3.63, 3.8) is 0 Å². The van der Waals surface area contributed by atoms with Gasteiger partial charge in [-0.1, -0.05) is 26.7 Å². The Hall–Kier alpha value is -0.0800. The molecule has 1 N–H and O–H groups in total. The summed E-state index contributed by atoms with van der Waals surface area (Å²) >= 11 is 0. The average Bonchev–Trinajstić information content (AvgIpc) is 3.05. The molecule has 2 nitrogen and oxygen atoms in total. The Morgan fingerprint density at radius 3 is 2.72 bits per heavy atom. The van der Waals surface area contributed by atoms with Crippen molar-refractivity contribution in [2.24, 2.45) is 11.8 Å². The second kappa shape index (κ2) is 7.49. The number of hydrogen-bond acceptors (Lipinski definition) is 2. The maximum atomic E-state index is 5.76. The van der Waals surface area contributed by atoms with Crippen LogP contribution >= 0.6 is 0 Å². The number of nitrogens with one attached hydrogen (secondary N) is 1. The van der Waals surface area contributed by atoms with Crippen molar-refractivity contribution in [1.82, 2.24) is 5.32 Å². The standard InChI is InChI=1S/C16H31NO/c1-3-13-7-8-14(12-13)16(17-4-2)10-9-15-6-5-11-18-15/h13-17H,3-12H2,1-2H3. The molecule has 4 atom stereocenters. The van der Waals surface area contributed by atoms with Crippen LogP contribution in [0.15, 0.2) is 0 Å². The van der Waals surface area contributed by atoms with Crippen LogP contribution in [0.25, 0.3) is 0 Å². The number of rotatable bonds is 7. The van der Waals surface area contributed by atoms with E-state index in [0.717, 1.165) is 31.0 Å². The first-order valence-corrected chi connectivity index (χ1v) is 8.18. The molecule has 0 radical (unpaired) electrons. The van der Waals surface area contributed by atoms with E-state index in [1.54, 1.807) is 0 Å². The molecule has 1 aliphatic heterocycles. The van der Waals surface area contributed by atoms with E-state index in [0.29, 0.717) is 6.10 Å². The van der Waals surface area contributed by atoms with Gasteiger partial charge in [0.05, 0.1) is 6.10 Å². The van der Waals surface area contributed by atoms with Gasteiger partial charge >= 0.3 is 0 Å². The molecule has 106 valence electrons. The highest BCUT2D eigenvalue weighted by molar-refractivity contribution is 4.85. The molecule has 2 rings (SSSR count). The molecule has 18 heavy (non-hydrogen) atoms. The van der Waals surface area contributed by atoms with Crippen LogP contribution in [0.3, 0.4) is 0 Å². The van der Waals surface area contributed by atoms with Crippen LogP contribution in [0.1, 0.15) is 65.2 Å². The minimum Gasteiger partial charge on any atom is -0.378 e. The summed E-state index contributed by atoms with van der Waals surface area (Å²) in [5.41, 5.74) is 0. The number of hydrogen-bond donors (Lipinski definition) is 1. The van der Waals surface area contributed by atoms with Gasteiger partial charge in [0.2, 0.25) is 0 Å². The van der Waals surface area contributed by atoms with Gasteiger partial charge in [0.15, 0.2) is 0 Å². The van der Waals surface area contributed by atoms with Crippen LogP contribution in [-0.4, -0.2) is 25.3 Å². The van der Waals surface area contributed by atoms with Crippen molar-refractivity contribution in [3.8, 4) is 0 Å². The van der Waals surface area contributed by atoms with Crippen LogP contribution in [-0.2, 0) is 4.74 Å². The molecular formula is C16H31NO. The summed E-state index contributed by atoms with van der Waals surface area (Å²) in [6.45, 7) is 6.70. The quantitative estimate of drug-likeness (QED) is 0.746. The van der Waals surface area contributed by atoms with E-state index < -0.39 is 0 Å². The largest absolute Gasteiger partial charge is 0.378 e. The molecule has 0 aromatic carbocycles. The molecule has 0 aromatic heterocycles. The molecule has 1 saturated carbocycles. The minimum atomic E-state index is 0.564. The maximum absolute atomic E-state index is 5.76. The Morgan fingerprint density at radius 2 is 2.11 bits per heavy atom. The molecule has 1 aliphatic carbocycles. The minimum absolute atomic E-state index is 0.564. The molecular weight excluding hydrogens is 222 g/mol. The van der Waals surface area contributed by atoms with E-state index in [1.807, 2.05) is 0 Å². The van der Waals surface area contributed by atoms with Gasteiger partial charge in [-0.05, 0) is 56.9 Å². The van der Waals surface area contributed by atoms with Crippen molar-refractivity contribution in [2.45, 2.75) is 77.4 Å². The van der Waals surface area contributed by atoms with Crippen LogP contribution in [0.5, 0.6) is 0 Å². The van der Waals surface area contributed by atoms with Gasteiger partial charge in [0.1, 0.15) is 0 Å². The summed E-state index contributed by atoms with van der Waals surface area (Å²) < 4.78 is 5.76. The lowest BCUT2D eigenvalue weighted by Gasteiger charge is -2.25. The van der Waals surface area contributed by atoms with E-state index in [9.17, 15) is 0 Å². The van der Waals surface area contributed by atoms with Gasteiger partial charge < -0.3 is 10.1 Å². The Morgan fingerprint density at radius 1 is 1.22 bits per heavy atom. The van der Waals surface area contributed by atoms with Gasteiger partial charge in [0.25, 0.3) is 0 Å². The Bertz CT molecular complexity index is 225. The van der Waals surface area contributed by atoms with Gasteiger partial charge in [-0.25, -0.2) is 0 Å². The Kier molecular flexibility index (Phi) is 5.97. The third-order valence-corrected chi connectivity index (χ3v) is 5.02. The van der Waals surface area contributed by atoms with Crippen molar-refractivity contribution in [1.29, 1.82) is 0 Å². The van der Waals surface area contributed by atoms with Crippen LogP contribution < -0.4 is 5.32 Å². The second-order valence-corrected chi connectivity index (χ2v) is 6.22. The van der Waals surface area contributed by atoms with E-state index in [2.05, 4.69) is 19.2 Å². The third-order valence-electron chi connectivity index (χ3n) is 5.02. The average molecular weight is 253 g/mol. The fourth-order valence-electron chi connectivity index (χ4n) is 3.85. The first kappa shape index (κ1) is 14.3. The fraction of sp³-hybridized carbons (Fsp3) is 1.00. The normalized spacial score (nSPS) is 34.0. The van der Waals surface area contributed by atoms with Crippen molar-refractivity contribution in [2.75, 3.05) is 13.2 Å². The van der Waals surface area contributed by atoms with Crippen molar-refractivity contribution >= 4 is 0 Å². The van der Waals surface area contributed by atoms with Crippen LogP contribution in [0.4, 0.5) is 0 Å².